The minimum atomic E-state index is -0.494. The summed E-state index contributed by atoms with van der Waals surface area (Å²) in [4.78, 5) is 11.9. The average molecular weight is 256 g/mol. The summed E-state index contributed by atoms with van der Waals surface area (Å²) in [5.41, 5.74) is -0.312. The van der Waals surface area contributed by atoms with Crippen LogP contribution in [-0.2, 0) is 9.47 Å². The molecule has 0 aromatic rings. The molecule has 0 atom stereocenters. The minimum absolute atomic E-state index is 0.0651. The van der Waals surface area contributed by atoms with Crippen molar-refractivity contribution in [3.05, 3.63) is 0 Å². The second-order valence-electron chi connectivity index (χ2n) is 6.43. The van der Waals surface area contributed by atoms with E-state index in [4.69, 9.17) is 9.47 Å². The molecule has 1 aliphatic carbocycles. The van der Waals surface area contributed by atoms with Gasteiger partial charge in [-0.15, -0.1) is 0 Å². The molecule has 0 aliphatic heterocycles. The number of carbonyl (C=O) groups excluding carboxylic acids is 1. The molecule has 0 N–H and O–H groups in total. The van der Waals surface area contributed by atoms with Crippen LogP contribution in [0.4, 0.5) is 4.79 Å². The van der Waals surface area contributed by atoms with Crippen molar-refractivity contribution in [1.29, 1.82) is 0 Å². The molecule has 1 fully saturated rings. The van der Waals surface area contributed by atoms with Gasteiger partial charge in [-0.25, -0.2) is 4.79 Å². The molecule has 3 nitrogen and oxygen atoms in total. The van der Waals surface area contributed by atoms with Crippen molar-refractivity contribution in [2.24, 2.45) is 11.8 Å². The first-order valence-electron chi connectivity index (χ1n) is 7.24. The first-order valence-corrected chi connectivity index (χ1v) is 7.24. The Morgan fingerprint density at radius 2 is 1.50 bits per heavy atom. The highest BCUT2D eigenvalue weighted by atomic mass is 16.7. The molecule has 0 aromatic carbocycles. The molecule has 0 radical (unpaired) electrons. The minimum Gasteiger partial charge on any atom is -0.430 e. The molecule has 0 heterocycles. The van der Waals surface area contributed by atoms with Crippen LogP contribution in [0.5, 0.6) is 0 Å². The standard InChI is InChI=1S/C15H28O3/c1-11(2)13(12(3)4)17-14(16)18-15(5)9-7-6-8-10-15/h11-13H,6-10H2,1-5H3. The maximum atomic E-state index is 11.9. The Kier molecular flexibility index (Phi) is 5.48. The number of hydrogen-bond acceptors (Lipinski definition) is 3. The molecule has 1 aliphatic rings. The highest BCUT2D eigenvalue weighted by molar-refractivity contribution is 5.60. The largest absolute Gasteiger partial charge is 0.509 e. The first-order chi connectivity index (χ1) is 8.34. The summed E-state index contributed by atoms with van der Waals surface area (Å²) in [6.45, 7) is 10.3. The van der Waals surface area contributed by atoms with E-state index in [1.54, 1.807) is 0 Å². The van der Waals surface area contributed by atoms with Crippen LogP contribution in [0.15, 0.2) is 0 Å². The third-order valence-electron chi connectivity index (χ3n) is 3.79. The third-order valence-corrected chi connectivity index (χ3v) is 3.79. The van der Waals surface area contributed by atoms with Crippen molar-refractivity contribution in [2.45, 2.75) is 78.4 Å². The van der Waals surface area contributed by atoms with Gasteiger partial charge in [-0.2, -0.15) is 0 Å². The predicted octanol–water partition coefficient (Wildman–Crippen LogP) is 4.54. The monoisotopic (exact) mass is 256 g/mol. The van der Waals surface area contributed by atoms with Crippen LogP contribution in [0.2, 0.25) is 0 Å². The Balaban J connectivity index is 2.49. The Bertz CT molecular complexity index is 257. The molecule has 0 aromatic heterocycles. The van der Waals surface area contributed by atoms with Crippen LogP contribution in [0, 0.1) is 11.8 Å². The summed E-state index contributed by atoms with van der Waals surface area (Å²) >= 11 is 0. The van der Waals surface area contributed by atoms with Gasteiger partial charge in [0.15, 0.2) is 0 Å². The Hall–Kier alpha value is -0.730. The van der Waals surface area contributed by atoms with E-state index in [-0.39, 0.29) is 11.7 Å². The third kappa shape index (κ3) is 4.51. The summed E-state index contributed by atoms with van der Waals surface area (Å²) in [5.74, 6) is 0.633. The molecular weight excluding hydrogens is 228 g/mol. The summed E-state index contributed by atoms with van der Waals surface area (Å²) in [5, 5.41) is 0. The zero-order valence-corrected chi connectivity index (χ0v) is 12.5. The van der Waals surface area contributed by atoms with Crippen LogP contribution in [0.1, 0.15) is 66.7 Å². The van der Waals surface area contributed by atoms with Gasteiger partial charge >= 0.3 is 6.16 Å². The van der Waals surface area contributed by atoms with Crippen molar-refractivity contribution in [3.8, 4) is 0 Å². The van der Waals surface area contributed by atoms with E-state index in [2.05, 4.69) is 27.7 Å². The first kappa shape index (κ1) is 15.3. The maximum absolute atomic E-state index is 11.9. The summed E-state index contributed by atoms with van der Waals surface area (Å²) in [6, 6.07) is 0. The van der Waals surface area contributed by atoms with Crippen LogP contribution in [-0.4, -0.2) is 17.9 Å². The Morgan fingerprint density at radius 3 is 1.94 bits per heavy atom. The lowest BCUT2D eigenvalue weighted by atomic mass is 9.86. The molecule has 0 spiro atoms. The van der Waals surface area contributed by atoms with E-state index in [1.807, 2.05) is 6.92 Å². The van der Waals surface area contributed by atoms with Gasteiger partial charge in [-0.1, -0.05) is 34.1 Å². The van der Waals surface area contributed by atoms with Gasteiger partial charge in [-0.05, 0) is 44.4 Å². The van der Waals surface area contributed by atoms with Crippen molar-refractivity contribution in [2.75, 3.05) is 0 Å². The van der Waals surface area contributed by atoms with Gasteiger partial charge in [0.2, 0.25) is 0 Å². The van der Waals surface area contributed by atoms with Crippen LogP contribution in [0.25, 0.3) is 0 Å². The molecule has 1 rings (SSSR count). The van der Waals surface area contributed by atoms with Gasteiger partial charge in [-0.3, -0.25) is 0 Å². The zero-order chi connectivity index (χ0) is 13.8. The van der Waals surface area contributed by atoms with E-state index >= 15 is 0 Å². The number of carbonyl (C=O) groups is 1. The number of hydrogen-bond donors (Lipinski definition) is 0. The molecule has 0 saturated heterocycles. The Labute approximate surface area is 111 Å². The van der Waals surface area contributed by atoms with Crippen molar-refractivity contribution in [1.82, 2.24) is 0 Å². The molecule has 1 saturated carbocycles. The second kappa shape index (κ2) is 6.44. The lowest BCUT2D eigenvalue weighted by molar-refractivity contribution is -0.0717. The fraction of sp³-hybridized carbons (Fsp3) is 0.933. The fourth-order valence-electron chi connectivity index (χ4n) is 2.78. The summed E-state index contributed by atoms with van der Waals surface area (Å²) in [7, 11) is 0. The topological polar surface area (TPSA) is 35.5 Å². The molecule has 18 heavy (non-hydrogen) atoms. The molecule has 0 bridgehead atoms. The molecule has 0 amide bonds. The molecule has 106 valence electrons. The van der Waals surface area contributed by atoms with E-state index in [1.165, 1.54) is 6.42 Å². The highest BCUT2D eigenvalue weighted by Gasteiger charge is 2.33. The zero-order valence-electron chi connectivity index (χ0n) is 12.5. The van der Waals surface area contributed by atoms with Crippen molar-refractivity contribution >= 4 is 6.16 Å². The lowest BCUT2D eigenvalue weighted by Gasteiger charge is -2.34. The quantitative estimate of drug-likeness (QED) is 0.692. The SMILES string of the molecule is CC(C)C(OC(=O)OC1(C)CCCCC1)C(C)C. The predicted molar refractivity (Wildman–Crippen MR) is 72.5 cm³/mol. The van der Waals surface area contributed by atoms with Crippen molar-refractivity contribution < 1.29 is 14.3 Å². The highest BCUT2D eigenvalue weighted by Crippen LogP contribution is 2.31. The van der Waals surface area contributed by atoms with E-state index in [9.17, 15) is 4.79 Å². The summed E-state index contributed by atoms with van der Waals surface area (Å²) < 4.78 is 11.0. The molecule has 3 heteroatoms. The lowest BCUT2D eigenvalue weighted by Crippen LogP contribution is -2.37. The smallest absolute Gasteiger partial charge is 0.430 e. The second-order valence-corrected chi connectivity index (χ2v) is 6.43. The normalized spacial score (nSPS) is 19.3. The van der Waals surface area contributed by atoms with Crippen molar-refractivity contribution in [3.63, 3.8) is 0 Å². The van der Waals surface area contributed by atoms with Gasteiger partial charge in [0.1, 0.15) is 11.7 Å². The molecule has 0 unspecified atom stereocenters. The number of rotatable bonds is 4. The van der Waals surface area contributed by atoms with Gasteiger partial charge in [0, 0.05) is 0 Å². The maximum Gasteiger partial charge on any atom is 0.509 e. The number of ether oxygens (including phenoxy) is 2. The van der Waals surface area contributed by atoms with E-state index in [0.717, 1.165) is 25.7 Å². The van der Waals surface area contributed by atoms with Crippen LogP contribution < -0.4 is 0 Å². The Morgan fingerprint density at radius 1 is 1.00 bits per heavy atom. The average Bonchev–Trinajstić information content (AvgIpc) is 2.25. The van der Waals surface area contributed by atoms with Gasteiger partial charge in [0.25, 0.3) is 0 Å². The van der Waals surface area contributed by atoms with E-state index < -0.39 is 6.16 Å². The summed E-state index contributed by atoms with van der Waals surface area (Å²) in [6.07, 6.45) is 4.88. The van der Waals surface area contributed by atoms with E-state index in [0.29, 0.717) is 11.8 Å². The van der Waals surface area contributed by atoms with Gasteiger partial charge < -0.3 is 9.47 Å². The van der Waals surface area contributed by atoms with Crippen LogP contribution in [0.3, 0.4) is 0 Å². The van der Waals surface area contributed by atoms with Crippen LogP contribution >= 0.6 is 0 Å². The fourth-order valence-corrected chi connectivity index (χ4v) is 2.78. The van der Waals surface area contributed by atoms with Gasteiger partial charge in [0.05, 0.1) is 0 Å². The molecular formula is C15H28O3.